The average Bonchev–Trinajstić information content (AvgIpc) is 2.83. The molecule has 0 unspecified atom stereocenters. The molecule has 2 aromatic heterocycles. The van der Waals surface area contributed by atoms with Gasteiger partial charge in [0.15, 0.2) is 5.82 Å². The molecule has 0 bridgehead atoms. The van der Waals surface area contributed by atoms with Gasteiger partial charge in [0.05, 0.1) is 11.7 Å². The highest BCUT2D eigenvalue weighted by molar-refractivity contribution is 5.51. The van der Waals surface area contributed by atoms with Crippen LogP contribution in [-0.2, 0) is 6.54 Å². The molecule has 0 aromatic carbocycles. The molecular weight excluding hydrogens is 298 g/mol. The maximum Gasteiger partial charge on any atom is 0.159 e. The Morgan fingerprint density at radius 3 is 2.79 bits per heavy atom. The summed E-state index contributed by atoms with van der Waals surface area (Å²) in [5.41, 5.74) is 4.37. The van der Waals surface area contributed by atoms with Crippen molar-refractivity contribution in [2.75, 3.05) is 20.1 Å². The van der Waals surface area contributed by atoms with Crippen LogP contribution in [-0.4, -0.2) is 45.6 Å². The predicted octanol–water partition coefficient (Wildman–Crippen LogP) is 2.76. The summed E-state index contributed by atoms with van der Waals surface area (Å²) in [7, 11) is 2.14. The number of nitrogens with one attached hydrogen (secondary N) is 1. The lowest BCUT2D eigenvalue weighted by molar-refractivity contribution is 0.169. The van der Waals surface area contributed by atoms with Gasteiger partial charge in [0.2, 0.25) is 0 Å². The molecule has 0 spiro atoms. The third-order valence-electron chi connectivity index (χ3n) is 4.68. The van der Waals surface area contributed by atoms with Gasteiger partial charge in [-0.1, -0.05) is 12.6 Å². The van der Waals surface area contributed by atoms with Crippen LogP contribution in [0, 0.1) is 13.8 Å². The number of pyridine rings is 1. The zero-order chi connectivity index (χ0) is 17.1. The first-order valence-electron chi connectivity index (χ1n) is 8.62. The van der Waals surface area contributed by atoms with Crippen LogP contribution in [0.4, 0.5) is 0 Å². The van der Waals surface area contributed by atoms with E-state index in [1.54, 1.807) is 0 Å². The van der Waals surface area contributed by atoms with E-state index in [0.29, 0.717) is 6.04 Å². The van der Waals surface area contributed by atoms with Crippen molar-refractivity contribution in [3.8, 4) is 11.5 Å². The van der Waals surface area contributed by atoms with Crippen molar-refractivity contribution in [1.82, 2.24) is 24.8 Å². The summed E-state index contributed by atoms with van der Waals surface area (Å²) >= 11 is 0. The Bertz CT molecular complexity index is 698. The van der Waals surface area contributed by atoms with E-state index in [2.05, 4.69) is 47.2 Å². The quantitative estimate of drug-likeness (QED) is 0.850. The smallest absolute Gasteiger partial charge is 0.159 e. The minimum Gasteiger partial charge on any atom is -0.383 e. The molecule has 0 amide bonds. The topological polar surface area (TPSA) is 46.0 Å². The number of hydrogen-bond donors (Lipinski definition) is 1. The van der Waals surface area contributed by atoms with Crippen LogP contribution in [0.5, 0.6) is 0 Å². The molecule has 3 rings (SSSR count). The van der Waals surface area contributed by atoms with Gasteiger partial charge in [0.25, 0.3) is 0 Å². The molecule has 0 atom stereocenters. The maximum atomic E-state index is 4.71. The number of rotatable bonds is 7. The minimum absolute atomic E-state index is 0.573. The second-order valence-corrected chi connectivity index (χ2v) is 6.74. The summed E-state index contributed by atoms with van der Waals surface area (Å²) in [6, 6.07) is 6.53. The highest BCUT2D eigenvalue weighted by Crippen LogP contribution is 2.21. The van der Waals surface area contributed by atoms with E-state index in [1.165, 1.54) is 5.69 Å². The lowest BCUT2D eigenvalue weighted by Crippen LogP contribution is -2.55. The monoisotopic (exact) mass is 325 g/mol. The molecule has 1 saturated heterocycles. The van der Waals surface area contributed by atoms with Gasteiger partial charge in [-0.05, 0) is 45.9 Å². The number of aromatic nitrogens is 3. The fraction of sp³-hybridized carbons (Fsp3) is 0.474. The third kappa shape index (κ3) is 3.67. The summed E-state index contributed by atoms with van der Waals surface area (Å²) in [5, 5.41) is 3.53. The van der Waals surface area contributed by atoms with Crippen molar-refractivity contribution in [1.29, 1.82) is 0 Å². The molecule has 0 saturated carbocycles. The Morgan fingerprint density at radius 2 is 2.12 bits per heavy atom. The second-order valence-electron chi connectivity index (χ2n) is 6.74. The van der Waals surface area contributed by atoms with Crippen molar-refractivity contribution >= 4 is 0 Å². The van der Waals surface area contributed by atoms with Gasteiger partial charge in [-0.15, -0.1) is 0 Å². The lowest BCUT2D eigenvalue weighted by Gasteiger charge is -2.37. The molecule has 1 aliphatic heterocycles. The first-order valence-corrected chi connectivity index (χ1v) is 8.62. The van der Waals surface area contributed by atoms with Crippen LogP contribution in [0.15, 0.2) is 36.7 Å². The number of allylic oxidation sites excluding steroid dienone is 1. The molecule has 1 aliphatic rings. The molecule has 5 nitrogen and oxygen atoms in total. The van der Waals surface area contributed by atoms with Crippen molar-refractivity contribution in [3.05, 3.63) is 48.1 Å². The van der Waals surface area contributed by atoms with Crippen LogP contribution in [0.1, 0.15) is 24.2 Å². The molecule has 1 fully saturated rings. The summed E-state index contributed by atoms with van der Waals surface area (Å²) < 4.78 is 2.28. The second kappa shape index (κ2) is 7.18. The number of likely N-dealkylation sites (N-methyl/N-ethyl adjacent to an activating group) is 1. The highest BCUT2D eigenvalue weighted by atomic mass is 15.2. The molecule has 0 aliphatic carbocycles. The van der Waals surface area contributed by atoms with Crippen LogP contribution in [0.2, 0.25) is 0 Å². The van der Waals surface area contributed by atoms with Crippen LogP contribution in [0.3, 0.4) is 0 Å². The Kier molecular flexibility index (Phi) is 5.00. The molecule has 1 N–H and O–H groups in total. The number of aryl methyl sites for hydroxylation is 1. The van der Waals surface area contributed by atoms with Gasteiger partial charge < -0.3 is 14.8 Å². The molecular formula is C19H27N5. The summed E-state index contributed by atoms with van der Waals surface area (Å²) in [4.78, 5) is 11.5. The molecule has 0 radical (unpaired) electrons. The van der Waals surface area contributed by atoms with Crippen LogP contribution >= 0.6 is 0 Å². The zero-order valence-corrected chi connectivity index (χ0v) is 14.9. The molecule has 5 heteroatoms. The van der Waals surface area contributed by atoms with E-state index in [1.807, 2.05) is 24.4 Å². The highest BCUT2D eigenvalue weighted by Gasteiger charge is 2.22. The minimum atomic E-state index is 0.573. The van der Waals surface area contributed by atoms with E-state index in [4.69, 9.17) is 4.98 Å². The number of nitrogens with zero attached hydrogens (tertiary/aromatic N) is 4. The molecule has 128 valence electrons. The SMILES string of the molecule is C=C(CCCn1c(-c2ccccn2)nc(C)c1C)NC1CN(C)C1. The van der Waals surface area contributed by atoms with Gasteiger partial charge in [-0.2, -0.15) is 0 Å². The molecule has 2 aromatic rings. The fourth-order valence-electron chi connectivity index (χ4n) is 3.22. The van der Waals surface area contributed by atoms with Crippen LogP contribution < -0.4 is 5.32 Å². The molecule has 24 heavy (non-hydrogen) atoms. The Morgan fingerprint density at radius 1 is 1.33 bits per heavy atom. The van der Waals surface area contributed by atoms with E-state index >= 15 is 0 Å². The van der Waals surface area contributed by atoms with E-state index < -0.39 is 0 Å². The number of imidazole rings is 1. The third-order valence-corrected chi connectivity index (χ3v) is 4.68. The first kappa shape index (κ1) is 16.7. The Hall–Kier alpha value is -2.14. The largest absolute Gasteiger partial charge is 0.383 e. The zero-order valence-electron chi connectivity index (χ0n) is 14.9. The summed E-state index contributed by atoms with van der Waals surface area (Å²) in [5.74, 6) is 0.963. The standard InChI is InChI=1S/C19H27N5/c1-14(21-17-12-23(4)13-17)8-7-11-24-16(3)15(2)22-19(24)18-9-5-6-10-20-18/h5-6,9-10,17,21H,1,7-8,11-13H2,2-4H3. The first-order chi connectivity index (χ1) is 11.5. The van der Waals surface area contributed by atoms with E-state index in [-0.39, 0.29) is 0 Å². The Labute approximate surface area is 144 Å². The van der Waals surface area contributed by atoms with Gasteiger partial charge in [-0.25, -0.2) is 4.98 Å². The Balaban J connectivity index is 1.60. The summed E-state index contributed by atoms with van der Waals surface area (Å²) in [6.07, 6.45) is 3.85. The number of hydrogen-bond acceptors (Lipinski definition) is 4. The van der Waals surface area contributed by atoms with Crippen LogP contribution in [0.25, 0.3) is 11.5 Å². The van der Waals surface area contributed by atoms with Gasteiger partial charge >= 0.3 is 0 Å². The van der Waals surface area contributed by atoms with E-state index in [0.717, 1.165) is 55.4 Å². The van der Waals surface area contributed by atoms with E-state index in [9.17, 15) is 0 Å². The van der Waals surface area contributed by atoms with Crippen molar-refractivity contribution in [2.24, 2.45) is 0 Å². The fourth-order valence-corrected chi connectivity index (χ4v) is 3.22. The van der Waals surface area contributed by atoms with Gasteiger partial charge in [0, 0.05) is 37.2 Å². The average molecular weight is 325 g/mol. The van der Waals surface area contributed by atoms with Crippen molar-refractivity contribution < 1.29 is 0 Å². The normalized spacial score (nSPS) is 15.3. The van der Waals surface area contributed by atoms with Crippen molar-refractivity contribution in [3.63, 3.8) is 0 Å². The lowest BCUT2D eigenvalue weighted by atomic mass is 10.1. The van der Waals surface area contributed by atoms with Gasteiger partial charge in [-0.3, -0.25) is 4.98 Å². The molecule has 3 heterocycles. The number of likely N-dealkylation sites (tertiary alicyclic amines) is 1. The van der Waals surface area contributed by atoms with Gasteiger partial charge in [0.1, 0.15) is 5.69 Å². The summed E-state index contributed by atoms with van der Waals surface area (Å²) in [6.45, 7) is 11.5. The maximum absolute atomic E-state index is 4.71. The predicted molar refractivity (Wildman–Crippen MR) is 97.7 cm³/mol. The van der Waals surface area contributed by atoms with Crippen molar-refractivity contribution in [2.45, 2.75) is 39.3 Å².